The minimum Gasteiger partial charge on any atom is -0.456 e. The molecular formula is C20H19N5O2S. The van der Waals surface area contributed by atoms with Gasteiger partial charge in [0, 0.05) is 29.9 Å². The van der Waals surface area contributed by atoms with Gasteiger partial charge in [-0.25, -0.2) is 14.5 Å². The van der Waals surface area contributed by atoms with Crippen LogP contribution in [0.3, 0.4) is 0 Å². The fourth-order valence-electron chi connectivity index (χ4n) is 2.89. The van der Waals surface area contributed by atoms with Crippen molar-refractivity contribution >= 4 is 17.3 Å². The second-order valence-corrected chi connectivity index (χ2v) is 7.37. The van der Waals surface area contributed by atoms with Crippen LogP contribution in [0, 0.1) is 13.8 Å². The molecule has 28 heavy (non-hydrogen) atoms. The minimum absolute atomic E-state index is 0.134. The molecule has 3 heterocycles. The highest BCUT2D eigenvalue weighted by atomic mass is 32.1. The molecule has 8 heteroatoms. The fraction of sp³-hybridized carbons (Fsp3) is 0.200. The molecule has 4 aromatic rings. The molecule has 4 rings (SSSR count). The molecule has 0 bridgehead atoms. The monoisotopic (exact) mass is 393 g/mol. The summed E-state index contributed by atoms with van der Waals surface area (Å²) in [4.78, 5) is 16.8. The van der Waals surface area contributed by atoms with Crippen LogP contribution in [0.2, 0.25) is 0 Å². The molecule has 3 aromatic heterocycles. The highest BCUT2D eigenvalue weighted by molar-refractivity contribution is 7.13. The maximum Gasteiger partial charge on any atom is 0.338 e. The van der Waals surface area contributed by atoms with Crippen molar-refractivity contribution in [1.82, 2.24) is 24.5 Å². The van der Waals surface area contributed by atoms with E-state index in [1.165, 1.54) is 11.3 Å². The second kappa shape index (κ2) is 7.40. The quantitative estimate of drug-likeness (QED) is 0.483. The molecule has 142 valence electrons. The third kappa shape index (κ3) is 3.72. The van der Waals surface area contributed by atoms with Crippen molar-refractivity contribution in [2.45, 2.75) is 20.5 Å². The number of nitrogens with zero attached hydrogens (tertiary/aromatic N) is 5. The van der Waals surface area contributed by atoms with Crippen LogP contribution in [0.4, 0.5) is 0 Å². The van der Waals surface area contributed by atoms with E-state index < -0.39 is 0 Å². The summed E-state index contributed by atoms with van der Waals surface area (Å²) in [5, 5.41) is 11.3. The van der Waals surface area contributed by atoms with Crippen LogP contribution in [0.25, 0.3) is 16.3 Å². The average molecular weight is 393 g/mol. The minimum atomic E-state index is -0.379. The highest BCUT2D eigenvalue weighted by Gasteiger charge is 2.12. The smallest absolute Gasteiger partial charge is 0.338 e. The van der Waals surface area contributed by atoms with Gasteiger partial charge < -0.3 is 4.74 Å². The predicted molar refractivity (Wildman–Crippen MR) is 106 cm³/mol. The van der Waals surface area contributed by atoms with Crippen molar-refractivity contribution in [3.63, 3.8) is 0 Å². The molecule has 0 saturated heterocycles. The predicted octanol–water partition coefficient (Wildman–Crippen LogP) is 3.70. The molecule has 7 nitrogen and oxygen atoms in total. The summed E-state index contributed by atoms with van der Waals surface area (Å²) in [5.41, 5.74) is 5.06. The Labute approximate surface area is 166 Å². The van der Waals surface area contributed by atoms with Gasteiger partial charge in [0.1, 0.15) is 11.6 Å². The third-order valence-electron chi connectivity index (χ3n) is 4.21. The van der Waals surface area contributed by atoms with E-state index in [1.54, 1.807) is 23.0 Å². The normalized spacial score (nSPS) is 11.0. The molecular weight excluding hydrogens is 374 g/mol. The van der Waals surface area contributed by atoms with Crippen LogP contribution >= 0.6 is 11.3 Å². The Morgan fingerprint density at radius 1 is 1.21 bits per heavy atom. The molecule has 0 fully saturated rings. The lowest BCUT2D eigenvalue weighted by Crippen LogP contribution is -2.06. The number of esters is 1. The third-order valence-corrected chi connectivity index (χ3v) is 5.15. The van der Waals surface area contributed by atoms with Crippen molar-refractivity contribution < 1.29 is 9.53 Å². The number of hydrogen-bond acceptors (Lipinski definition) is 6. The Morgan fingerprint density at radius 2 is 2.00 bits per heavy atom. The van der Waals surface area contributed by atoms with Gasteiger partial charge in [-0.15, -0.1) is 11.3 Å². The zero-order valence-electron chi connectivity index (χ0n) is 15.8. The van der Waals surface area contributed by atoms with E-state index >= 15 is 0 Å². The van der Waals surface area contributed by atoms with Crippen LogP contribution in [0.1, 0.15) is 27.4 Å². The number of benzene rings is 1. The Hall–Kier alpha value is -3.26. The van der Waals surface area contributed by atoms with Gasteiger partial charge in [0.15, 0.2) is 0 Å². The van der Waals surface area contributed by atoms with E-state index in [2.05, 4.69) is 15.2 Å². The topological polar surface area (TPSA) is 74.8 Å². The zero-order chi connectivity index (χ0) is 19.7. The van der Waals surface area contributed by atoms with E-state index in [0.29, 0.717) is 5.56 Å². The van der Waals surface area contributed by atoms with Crippen LogP contribution in [0.15, 0.2) is 48.1 Å². The lowest BCUT2D eigenvalue weighted by Gasteiger charge is -2.06. The van der Waals surface area contributed by atoms with Gasteiger partial charge in [-0.2, -0.15) is 10.2 Å². The molecule has 0 unspecified atom stereocenters. The maximum atomic E-state index is 12.3. The number of rotatable bonds is 5. The van der Waals surface area contributed by atoms with Crippen molar-refractivity contribution in [1.29, 1.82) is 0 Å². The zero-order valence-corrected chi connectivity index (χ0v) is 16.6. The van der Waals surface area contributed by atoms with Crippen molar-refractivity contribution in [2.75, 3.05) is 0 Å². The number of ether oxygens (including phenoxy) is 1. The largest absolute Gasteiger partial charge is 0.456 e. The van der Waals surface area contributed by atoms with Gasteiger partial charge in [0.2, 0.25) is 0 Å². The first kappa shape index (κ1) is 18.1. The van der Waals surface area contributed by atoms with Crippen molar-refractivity contribution in [3.05, 3.63) is 70.8 Å². The molecule has 1 aromatic carbocycles. The Morgan fingerprint density at radius 3 is 2.64 bits per heavy atom. The molecule has 0 amide bonds. The summed E-state index contributed by atoms with van der Waals surface area (Å²) in [6, 6.07) is 9.22. The second-order valence-electron chi connectivity index (χ2n) is 6.51. The van der Waals surface area contributed by atoms with Gasteiger partial charge in [-0.05, 0) is 44.2 Å². The van der Waals surface area contributed by atoms with Crippen LogP contribution < -0.4 is 0 Å². The number of thiazole rings is 1. The first-order chi connectivity index (χ1) is 13.5. The lowest BCUT2D eigenvalue weighted by molar-refractivity contribution is 0.0468. The summed E-state index contributed by atoms with van der Waals surface area (Å²) >= 11 is 1.50. The molecule has 0 atom stereocenters. The van der Waals surface area contributed by atoms with E-state index in [0.717, 1.165) is 33.3 Å². The van der Waals surface area contributed by atoms with E-state index in [-0.39, 0.29) is 12.6 Å². The first-order valence-electron chi connectivity index (χ1n) is 8.74. The molecule has 0 N–H and O–H groups in total. The van der Waals surface area contributed by atoms with Gasteiger partial charge >= 0.3 is 5.97 Å². The average Bonchev–Trinajstić information content (AvgIpc) is 3.40. The first-order valence-corrected chi connectivity index (χ1v) is 9.62. The molecule has 0 aliphatic heterocycles. The van der Waals surface area contributed by atoms with Crippen LogP contribution in [0.5, 0.6) is 0 Å². The molecule has 0 saturated carbocycles. The van der Waals surface area contributed by atoms with E-state index in [4.69, 9.17) is 4.74 Å². The summed E-state index contributed by atoms with van der Waals surface area (Å²) in [5.74, 6) is -0.379. The lowest BCUT2D eigenvalue weighted by atomic mass is 10.2. The maximum absolute atomic E-state index is 12.3. The van der Waals surface area contributed by atoms with Crippen molar-refractivity contribution in [2.24, 2.45) is 7.05 Å². The van der Waals surface area contributed by atoms with Gasteiger partial charge in [-0.3, -0.25) is 4.68 Å². The van der Waals surface area contributed by atoms with E-state index in [1.807, 2.05) is 55.4 Å². The van der Waals surface area contributed by atoms with Gasteiger partial charge in [-0.1, -0.05) is 0 Å². The molecule has 0 aliphatic rings. The Balaban J connectivity index is 1.40. The number of carbonyl (C=O) groups is 1. The molecule has 0 radical (unpaired) electrons. The fourth-order valence-corrected chi connectivity index (χ4v) is 3.67. The number of carbonyl (C=O) groups excluding carboxylic acids is 1. The number of aromatic nitrogens is 5. The van der Waals surface area contributed by atoms with Gasteiger partial charge in [0.05, 0.1) is 28.8 Å². The summed E-state index contributed by atoms with van der Waals surface area (Å²) in [7, 11) is 1.86. The standard InChI is InChI=1S/C20H19N5O2S/c1-13-8-14(2)25(23-13)18-6-4-15(5-7-18)20(26)27-11-17-12-28-19(22-17)16-9-21-24(3)10-16/h4-10,12H,11H2,1-3H3. The van der Waals surface area contributed by atoms with Gasteiger partial charge in [0.25, 0.3) is 0 Å². The van der Waals surface area contributed by atoms with Crippen LogP contribution in [-0.4, -0.2) is 30.5 Å². The Bertz CT molecular complexity index is 1120. The molecule has 0 spiro atoms. The summed E-state index contributed by atoms with van der Waals surface area (Å²) < 4.78 is 8.98. The van der Waals surface area contributed by atoms with E-state index in [9.17, 15) is 4.79 Å². The SMILES string of the molecule is Cc1cc(C)n(-c2ccc(C(=O)OCc3csc(-c4cnn(C)c4)n3)cc2)n1. The van der Waals surface area contributed by atoms with Crippen molar-refractivity contribution in [3.8, 4) is 16.3 Å². The number of aryl methyl sites for hydroxylation is 3. The summed E-state index contributed by atoms with van der Waals surface area (Å²) in [6.07, 6.45) is 3.66. The summed E-state index contributed by atoms with van der Waals surface area (Å²) in [6.45, 7) is 4.08. The van der Waals surface area contributed by atoms with Crippen LogP contribution in [-0.2, 0) is 18.4 Å². The number of hydrogen-bond donors (Lipinski definition) is 0. The Kier molecular flexibility index (Phi) is 4.79. The molecule has 0 aliphatic carbocycles. The highest BCUT2D eigenvalue weighted by Crippen LogP contribution is 2.23.